The molecule has 1 fully saturated rings. The molecule has 0 radical (unpaired) electrons. The Morgan fingerprint density at radius 1 is 1.41 bits per heavy atom. The van der Waals surface area contributed by atoms with Gasteiger partial charge in [0.25, 0.3) is 0 Å². The van der Waals surface area contributed by atoms with Gasteiger partial charge in [0.2, 0.25) is 0 Å². The molecule has 4 heteroatoms. The lowest BCUT2D eigenvalue weighted by atomic mass is 10.1. The Kier molecular flexibility index (Phi) is 7.04. The Morgan fingerprint density at radius 3 is 2.82 bits per heavy atom. The lowest BCUT2D eigenvalue weighted by Crippen LogP contribution is -2.50. The van der Waals surface area contributed by atoms with Crippen molar-refractivity contribution in [1.82, 2.24) is 15.1 Å². The average molecular weight is 243 g/mol. The van der Waals surface area contributed by atoms with Crippen molar-refractivity contribution in [2.75, 3.05) is 53.5 Å². The smallest absolute Gasteiger partial charge is 0.0630 e. The maximum Gasteiger partial charge on any atom is 0.0630 e. The van der Waals surface area contributed by atoms with Gasteiger partial charge < -0.3 is 15.0 Å². The number of hydrogen-bond donors (Lipinski definition) is 1. The summed E-state index contributed by atoms with van der Waals surface area (Å²) < 4.78 is 5.37. The van der Waals surface area contributed by atoms with Crippen molar-refractivity contribution in [2.24, 2.45) is 0 Å². The van der Waals surface area contributed by atoms with E-state index < -0.39 is 0 Å². The largest absolute Gasteiger partial charge is 0.383 e. The number of likely N-dealkylation sites (N-methyl/N-ethyl adjacent to an activating group) is 2. The predicted octanol–water partition coefficient (Wildman–Crippen LogP) is 0.637. The van der Waals surface area contributed by atoms with Crippen LogP contribution in [0, 0.1) is 0 Å². The molecule has 102 valence electrons. The maximum absolute atomic E-state index is 5.37. The number of nitrogens with one attached hydrogen (secondary N) is 1. The normalized spacial score (nSPS) is 25.8. The molecule has 0 aromatic heterocycles. The van der Waals surface area contributed by atoms with Gasteiger partial charge >= 0.3 is 0 Å². The minimum absolute atomic E-state index is 0.501. The topological polar surface area (TPSA) is 27.7 Å². The SMILES string of the molecule is CCNCC(COC)N1CCCN(C)CC1C. The van der Waals surface area contributed by atoms with E-state index in [0.717, 1.165) is 26.2 Å². The van der Waals surface area contributed by atoms with Gasteiger partial charge in [-0.25, -0.2) is 0 Å². The van der Waals surface area contributed by atoms with Crippen LogP contribution < -0.4 is 5.32 Å². The summed E-state index contributed by atoms with van der Waals surface area (Å²) in [5.74, 6) is 0. The average Bonchev–Trinajstić information content (AvgIpc) is 2.45. The Labute approximate surface area is 106 Å². The molecule has 2 unspecified atom stereocenters. The molecule has 0 aromatic rings. The summed E-state index contributed by atoms with van der Waals surface area (Å²) in [6, 6.07) is 1.11. The molecule has 1 aliphatic rings. The molecule has 2 atom stereocenters. The Morgan fingerprint density at radius 2 is 2.18 bits per heavy atom. The van der Waals surface area contributed by atoms with Crippen LogP contribution in [-0.2, 0) is 4.74 Å². The van der Waals surface area contributed by atoms with Gasteiger partial charge in [-0.3, -0.25) is 4.90 Å². The molecule has 0 spiro atoms. The van der Waals surface area contributed by atoms with Gasteiger partial charge in [-0.2, -0.15) is 0 Å². The van der Waals surface area contributed by atoms with Gasteiger partial charge in [-0.05, 0) is 33.5 Å². The summed E-state index contributed by atoms with van der Waals surface area (Å²) >= 11 is 0. The molecule has 1 aliphatic heterocycles. The van der Waals surface area contributed by atoms with Gasteiger partial charge in [0.05, 0.1) is 6.61 Å². The molecule has 0 aromatic carbocycles. The minimum atomic E-state index is 0.501. The molecule has 0 bridgehead atoms. The standard InChI is InChI=1S/C13H29N3O/c1-5-14-9-13(11-17-4)16-8-6-7-15(3)10-12(16)2/h12-14H,5-11H2,1-4H3. The van der Waals surface area contributed by atoms with E-state index in [1.807, 2.05) is 0 Å². The fraction of sp³-hybridized carbons (Fsp3) is 1.00. The molecular weight excluding hydrogens is 214 g/mol. The van der Waals surface area contributed by atoms with Crippen LogP contribution in [0.4, 0.5) is 0 Å². The number of methoxy groups -OCH3 is 1. The van der Waals surface area contributed by atoms with E-state index in [1.54, 1.807) is 7.11 Å². The van der Waals surface area contributed by atoms with E-state index in [2.05, 4.69) is 36.0 Å². The summed E-state index contributed by atoms with van der Waals surface area (Å²) in [7, 11) is 4.02. The van der Waals surface area contributed by atoms with Gasteiger partial charge in [-0.1, -0.05) is 6.92 Å². The van der Waals surface area contributed by atoms with Crippen molar-refractivity contribution in [2.45, 2.75) is 32.4 Å². The molecular formula is C13H29N3O. The highest BCUT2D eigenvalue weighted by molar-refractivity contribution is 4.82. The molecule has 17 heavy (non-hydrogen) atoms. The number of hydrogen-bond acceptors (Lipinski definition) is 4. The van der Waals surface area contributed by atoms with Crippen LogP contribution in [-0.4, -0.2) is 75.4 Å². The molecule has 4 nitrogen and oxygen atoms in total. The summed E-state index contributed by atoms with van der Waals surface area (Å²) in [6.07, 6.45) is 1.26. The van der Waals surface area contributed by atoms with E-state index >= 15 is 0 Å². The van der Waals surface area contributed by atoms with Crippen LogP contribution in [0.2, 0.25) is 0 Å². The second-order valence-corrected chi connectivity index (χ2v) is 5.12. The van der Waals surface area contributed by atoms with Crippen LogP contribution in [0.15, 0.2) is 0 Å². The van der Waals surface area contributed by atoms with E-state index in [-0.39, 0.29) is 0 Å². The van der Waals surface area contributed by atoms with Gasteiger partial charge in [-0.15, -0.1) is 0 Å². The first-order chi connectivity index (χ1) is 8.19. The first-order valence-electron chi connectivity index (χ1n) is 6.83. The van der Waals surface area contributed by atoms with E-state index in [0.29, 0.717) is 12.1 Å². The van der Waals surface area contributed by atoms with Crippen LogP contribution in [0.5, 0.6) is 0 Å². The van der Waals surface area contributed by atoms with Crippen LogP contribution in [0.25, 0.3) is 0 Å². The number of rotatable bonds is 6. The lowest BCUT2D eigenvalue weighted by molar-refractivity contribution is 0.0664. The lowest BCUT2D eigenvalue weighted by Gasteiger charge is -2.35. The van der Waals surface area contributed by atoms with Crippen molar-refractivity contribution >= 4 is 0 Å². The fourth-order valence-corrected chi connectivity index (χ4v) is 2.71. The zero-order valence-electron chi connectivity index (χ0n) is 11.9. The van der Waals surface area contributed by atoms with E-state index in [9.17, 15) is 0 Å². The molecule has 1 rings (SSSR count). The number of ether oxygens (including phenoxy) is 1. The monoisotopic (exact) mass is 243 g/mol. The van der Waals surface area contributed by atoms with Crippen LogP contribution in [0.1, 0.15) is 20.3 Å². The molecule has 1 heterocycles. The third kappa shape index (κ3) is 4.92. The summed E-state index contributed by atoms with van der Waals surface area (Å²) in [4.78, 5) is 5.04. The van der Waals surface area contributed by atoms with Crippen LogP contribution in [0.3, 0.4) is 0 Å². The number of nitrogens with zero attached hydrogens (tertiary/aromatic N) is 2. The van der Waals surface area contributed by atoms with Crippen LogP contribution >= 0.6 is 0 Å². The molecule has 0 saturated carbocycles. The van der Waals surface area contributed by atoms with Gasteiger partial charge in [0.15, 0.2) is 0 Å². The summed E-state index contributed by atoms with van der Waals surface area (Å²) in [5, 5.41) is 3.45. The Balaban J connectivity index is 2.56. The van der Waals surface area contributed by atoms with Crippen molar-refractivity contribution in [3.05, 3.63) is 0 Å². The molecule has 0 aliphatic carbocycles. The third-order valence-corrected chi connectivity index (χ3v) is 3.56. The Hall–Kier alpha value is -0.160. The minimum Gasteiger partial charge on any atom is -0.383 e. The second-order valence-electron chi connectivity index (χ2n) is 5.12. The summed E-state index contributed by atoms with van der Waals surface area (Å²) in [6.45, 7) is 10.9. The zero-order valence-corrected chi connectivity index (χ0v) is 11.9. The quantitative estimate of drug-likeness (QED) is 0.741. The summed E-state index contributed by atoms with van der Waals surface area (Å²) in [5.41, 5.74) is 0. The highest BCUT2D eigenvalue weighted by atomic mass is 16.5. The van der Waals surface area contributed by atoms with E-state index in [4.69, 9.17) is 4.74 Å². The first kappa shape index (κ1) is 14.9. The Bertz CT molecular complexity index is 201. The van der Waals surface area contributed by atoms with Crippen molar-refractivity contribution in [3.8, 4) is 0 Å². The van der Waals surface area contributed by atoms with Gasteiger partial charge in [0, 0.05) is 38.8 Å². The first-order valence-corrected chi connectivity index (χ1v) is 6.83. The second kappa shape index (κ2) is 8.03. The zero-order chi connectivity index (χ0) is 12.7. The van der Waals surface area contributed by atoms with E-state index in [1.165, 1.54) is 19.5 Å². The van der Waals surface area contributed by atoms with Crippen molar-refractivity contribution in [3.63, 3.8) is 0 Å². The molecule has 1 saturated heterocycles. The fourth-order valence-electron chi connectivity index (χ4n) is 2.71. The highest BCUT2D eigenvalue weighted by Crippen LogP contribution is 2.12. The maximum atomic E-state index is 5.37. The highest BCUT2D eigenvalue weighted by Gasteiger charge is 2.26. The van der Waals surface area contributed by atoms with Crippen molar-refractivity contribution < 1.29 is 4.74 Å². The van der Waals surface area contributed by atoms with Crippen molar-refractivity contribution in [1.29, 1.82) is 0 Å². The van der Waals surface area contributed by atoms with Gasteiger partial charge in [0.1, 0.15) is 0 Å². The molecule has 1 N–H and O–H groups in total. The molecule has 0 amide bonds. The predicted molar refractivity (Wildman–Crippen MR) is 72.5 cm³/mol. The third-order valence-electron chi connectivity index (χ3n) is 3.56.